The molecule has 3 aromatic rings. The Morgan fingerprint density at radius 3 is 2.95 bits per heavy atom. The van der Waals surface area contributed by atoms with Crippen LogP contribution in [0.4, 0.5) is 5.13 Å². The number of thiazole rings is 1. The van der Waals surface area contributed by atoms with E-state index < -0.39 is 0 Å². The average Bonchev–Trinajstić information content (AvgIpc) is 3.16. The van der Waals surface area contributed by atoms with Crippen LogP contribution in [0.25, 0.3) is 11.3 Å². The molecule has 0 fully saturated rings. The lowest BCUT2D eigenvalue weighted by atomic mass is 10.0. The zero-order valence-corrected chi connectivity index (χ0v) is 13.0. The third-order valence-electron chi connectivity index (χ3n) is 3.31. The van der Waals surface area contributed by atoms with Crippen LogP contribution in [0, 0.1) is 0 Å². The van der Waals surface area contributed by atoms with Gasteiger partial charge in [-0.1, -0.05) is 6.07 Å². The van der Waals surface area contributed by atoms with E-state index >= 15 is 0 Å². The van der Waals surface area contributed by atoms with Crippen molar-refractivity contribution in [2.75, 3.05) is 5.32 Å². The minimum atomic E-state index is -0.278. The van der Waals surface area contributed by atoms with Crippen LogP contribution in [0.2, 0.25) is 0 Å². The van der Waals surface area contributed by atoms with Crippen LogP contribution >= 0.6 is 11.3 Å². The SMILES string of the molecule is CC(C(=O)Nc1nc(-c2cnn(C)c2)cs1)c1cccnc1. The third-order valence-corrected chi connectivity index (χ3v) is 4.07. The molecule has 0 spiro atoms. The molecule has 0 saturated heterocycles. The highest BCUT2D eigenvalue weighted by Gasteiger charge is 2.17. The van der Waals surface area contributed by atoms with Gasteiger partial charge in [0.2, 0.25) is 5.91 Å². The van der Waals surface area contributed by atoms with Crippen molar-refractivity contribution in [3.8, 4) is 11.3 Å². The van der Waals surface area contributed by atoms with E-state index in [0.29, 0.717) is 5.13 Å². The first-order chi connectivity index (χ1) is 10.6. The van der Waals surface area contributed by atoms with Crippen LogP contribution in [0.5, 0.6) is 0 Å². The number of nitrogens with one attached hydrogen (secondary N) is 1. The molecular weight excluding hydrogens is 298 g/mol. The molecule has 0 aliphatic heterocycles. The van der Waals surface area contributed by atoms with Crippen molar-refractivity contribution in [3.05, 3.63) is 47.9 Å². The summed E-state index contributed by atoms with van der Waals surface area (Å²) in [5.74, 6) is -0.375. The molecule has 1 unspecified atom stereocenters. The van der Waals surface area contributed by atoms with Crippen LogP contribution in [-0.2, 0) is 11.8 Å². The van der Waals surface area contributed by atoms with Crippen LogP contribution < -0.4 is 5.32 Å². The minimum Gasteiger partial charge on any atom is -0.301 e. The maximum atomic E-state index is 12.3. The summed E-state index contributed by atoms with van der Waals surface area (Å²) in [5.41, 5.74) is 2.62. The molecule has 3 aromatic heterocycles. The Kier molecular flexibility index (Phi) is 3.97. The summed E-state index contributed by atoms with van der Waals surface area (Å²) in [6.07, 6.45) is 7.03. The fourth-order valence-corrected chi connectivity index (χ4v) is 2.74. The average molecular weight is 313 g/mol. The van der Waals surface area contributed by atoms with Crippen molar-refractivity contribution in [2.45, 2.75) is 12.8 Å². The van der Waals surface area contributed by atoms with Gasteiger partial charge in [0.1, 0.15) is 0 Å². The topological polar surface area (TPSA) is 72.7 Å². The van der Waals surface area contributed by atoms with E-state index in [4.69, 9.17) is 0 Å². The van der Waals surface area contributed by atoms with Gasteiger partial charge in [-0.3, -0.25) is 14.5 Å². The fraction of sp³-hybridized carbons (Fsp3) is 0.200. The van der Waals surface area contributed by atoms with Gasteiger partial charge in [0, 0.05) is 36.6 Å². The van der Waals surface area contributed by atoms with Gasteiger partial charge < -0.3 is 5.32 Å². The second kappa shape index (κ2) is 6.07. The van der Waals surface area contributed by atoms with Gasteiger partial charge >= 0.3 is 0 Å². The number of carbonyl (C=O) groups is 1. The number of hydrogen-bond donors (Lipinski definition) is 1. The van der Waals surface area contributed by atoms with E-state index in [9.17, 15) is 4.79 Å². The predicted octanol–water partition coefficient (Wildman–Crippen LogP) is 2.68. The first-order valence-electron chi connectivity index (χ1n) is 6.79. The van der Waals surface area contributed by atoms with E-state index in [1.54, 1.807) is 23.3 Å². The van der Waals surface area contributed by atoms with Crippen LogP contribution in [0.1, 0.15) is 18.4 Å². The first kappa shape index (κ1) is 14.4. The summed E-state index contributed by atoms with van der Waals surface area (Å²) in [4.78, 5) is 20.7. The van der Waals surface area contributed by atoms with Gasteiger partial charge in [-0.15, -0.1) is 11.3 Å². The molecular formula is C15H15N5OS. The molecule has 0 bridgehead atoms. The van der Waals surface area contributed by atoms with Crippen molar-refractivity contribution in [2.24, 2.45) is 7.05 Å². The zero-order chi connectivity index (χ0) is 15.5. The molecule has 1 amide bonds. The van der Waals surface area contributed by atoms with Gasteiger partial charge in [0.25, 0.3) is 0 Å². The molecule has 0 saturated carbocycles. The van der Waals surface area contributed by atoms with E-state index in [-0.39, 0.29) is 11.8 Å². The van der Waals surface area contributed by atoms with E-state index in [1.807, 2.05) is 37.7 Å². The largest absolute Gasteiger partial charge is 0.301 e. The van der Waals surface area contributed by atoms with E-state index in [2.05, 4.69) is 20.4 Å². The quantitative estimate of drug-likeness (QED) is 0.804. The fourth-order valence-electron chi connectivity index (χ4n) is 2.01. The summed E-state index contributed by atoms with van der Waals surface area (Å²) in [6, 6.07) is 3.71. The lowest BCUT2D eigenvalue weighted by molar-refractivity contribution is -0.117. The standard InChI is InChI=1S/C15H15N5OS/c1-10(11-4-3-5-16-6-11)14(21)19-15-18-13(9-22-15)12-7-17-20(2)8-12/h3-10H,1-2H3,(H,18,19,21). The highest BCUT2D eigenvalue weighted by molar-refractivity contribution is 7.14. The van der Waals surface area contributed by atoms with Crippen molar-refractivity contribution < 1.29 is 4.79 Å². The molecule has 22 heavy (non-hydrogen) atoms. The van der Waals surface area contributed by atoms with Crippen molar-refractivity contribution in [1.29, 1.82) is 0 Å². The Labute approximate surface area is 131 Å². The number of rotatable bonds is 4. The lowest BCUT2D eigenvalue weighted by Gasteiger charge is -2.10. The summed E-state index contributed by atoms with van der Waals surface area (Å²) >= 11 is 1.40. The molecule has 112 valence electrons. The number of hydrogen-bond acceptors (Lipinski definition) is 5. The van der Waals surface area contributed by atoms with E-state index in [0.717, 1.165) is 16.8 Å². The molecule has 3 heterocycles. The third kappa shape index (κ3) is 3.04. The molecule has 0 aliphatic rings. The number of nitrogens with zero attached hydrogens (tertiary/aromatic N) is 4. The van der Waals surface area contributed by atoms with Gasteiger partial charge in [-0.25, -0.2) is 4.98 Å². The van der Waals surface area contributed by atoms with E-state index in [1.165, 1.54) is 11.3 Å². The maximum Gasteiger partial charge on any atom is 0.233 e. The van der Waals surface area contributed by atoms with Gasteiger partial charge in [0.15, 0.2) is 5.13 Å². The first-order valence-corrected chi connectivity index (χ1v) is 7.67. The van der Waals surface area contributed by atoms with Gasteiger partial charge in [-0.2, -0.15) is 5.10 Å². The summed E-state index contributed by atoms with van der Waals surface area (Å²) in [7, 11) is 1.86. The van der Waals surface area contributed by atoms with Gasteiger partial charge in [-0.05, 0) is 18.6 Å². The number of carbonyl (C=O) groups excluding carboxylic acids is 1. The summed E-state index contributed by atoms with van der Waals surface area (Å²) in [6.45, 7) is 1.85. The number of pyridine rings is 1. The molecule has 1 N–H and O–H groups in total. The zero-order valence-electron chi connectivity index (χ0n) is 12.2. The summed E-state index contributed by atoms with van der Waals surface area (Å²) < 4.78 is 1.72. The Bertz CT molecular complexity index is 780. The maximum absolute atomic E-state index is 12.3. The molecule has 6 nitrogen and oxygen atoms in total. The minimum absolute atomic E-state index is 0.0971. The predicted molar refractivity (Wildman–Crippen MR) is 85.6 cm³/mol. The summed E-state index contributed by atoms with van der Waals surface area (Å²) in [5, 5.41) is 9.46. The molecule has 3 rings (SSSR count). The highest BCUT2D eigenvalue weighted by Crippen LogP contribution is 2.25. The Hall–Kier alpha value is -2.54. The molecule has 0 radical (unpaired) electrons. The number of aryl methyl sites for hydroxylation is 1. The van der Waals surface area contributed by atoms with Crippen LogP contribution in [0.15, 0.2) is 42.3 Å². The second-order valence-electron chi connectivity index (χ2n) is 4.94. The number of amides is 1. The highest BCUT2D eigenvalue weighted by atomic mass is 32.1. The molecule has 1 atom stereocenters. The normalized spacial score (nSPS) is 12.1. The van der Waals surface area contributed by atoms with Crippen molar-refractivity contribution in [3.63, 3.8) is 0 Å². The molecule has 0 aromatic carbocycles. The molecule has 0 aliphatic carbocycles. The van der Waals surface area contributed by atoms with Crippen molar-refractivity contribution >= 4 is 22.4 Å². The second-order valence-corrected chi connectivity index (χ2v) is 5.80. The molecule has 7 heteroatoms. The van der Waals surface area contributed by atoms with Crippen LogP contribution in [0.3, 0.4) is 0 Å². The monoisotopic (exact) mass is 313 g/mol. The Balaban J connectivity index is 1.71. The van der Waals surface area contributed by atoms with Crippen molar-refractivity contribution in [1.82, 2.24) is 19.7 Å². The lowest BCUT2D eigenvalue weighted by Crippen LogP contribution is -2.18. The Morgan fingerprint density at radius 1 is 1.41 bits per heavy atom. The van der Waals surface area contributed by atoms with Gasteiger partial charge in [0.05, 0.1) is 17.8 Å². The number of aromatic nitrogens is 4. The Morgan fingerprint density at radius 2 is 2.27 bits per heavy atom. The number of anilines is 1. The smallest absolute Gasteiger partial charge is 0.233 e. The van der Waals surface area contributed by atoms with Crippen LogP contribution in [-0.4, -0.2) is 25.7 Å².